The maximum absolute atomic E-state index is 12.5. The van der Waals surface area contributed by atoms with Crippen LogP contribution in [0.5, 0.6) is 5.75 Å². The van der Waals surface area contributed by atoms with Crippen LogP contribution < -0.4 is 10.2 Å². The van der Waals surface area contributed by atoms with Crippen molar-refractivity contribution < 1.29 is 9.90 Å². The smallest absolute Gasteiger partial charge is 0.281 e. The first-order chi connectivity index (χ1) is 10.6. The van der Waals surface area contributed by atoms with Gasteiger partial charge in [0.15, 0.2) is 5.11 Å². The Labute approximate surface area is 137 Å². The zero-order valence-electron chi connectivity index (χ0n) is 11.3. The number of anilines is 1. The molecule has 0 saturated carbocycles. The van der Waals surface area contributed by atoms with Gasteiger partial charge >= 0.3 is 0 Å². The Kier molecular flexibility index (Phi) is 3.83. The van der Waals surface area contributed by atoms with Gasteiger partial charge in [0.2, 0.25) is 0 Å². The average Bonchev–Trinajstić information content (AvgIpc) is 2.77. The first kappa shape index (κ1) is 14.6. The molecule has 4 nitrogen and oxygen atoms in total. The van der Waals surface area contributed by atoms with E-state index in [1.807, 2.05) is 0 Å². The van der Waals surface area contributed by atoms with E-state index in [0.29, 0.717) is 16.4 Å². The van der Waals surface area contributed by atoms with E-state index < -0.39 is 0 Å². The van der Waals surface area contributed by atoms with Crippen LogP contribution in [0.4, 0.5) is 5.69 Å². The van der Waals surface area contributed by atoms with Crippen LogP contribution >= 0.6 is 23.8 Å². The third kappa shape index (κ3) is 2.68. The summed E-state index contributed by atoms with van der Waals surface area (Å²) in [7, 11) is 0. The van der Waals surface area contributed by atoms with E-state index in [9.17, 15) is 9.90 Å². The van der Waals surface area contributed by atoms with Crippen molar-refractivity contribution in [2.75, 3.05) is 4.90 Å². The molecule has 1 heterocycles. The van der Waals surface area contributed by atoms with Crippen molar-refractivity contribution in [3.8, 4) is 5.75 Å². The van der Waals surface area contributed by atoms with Crippen LogP contribution in [0.3, 0.4) is 0 Å². The van der Waals surface area contributed by atoms with Gasteiger partial charge in [-0.15, -0.1) is 0 Å². The van der Waals surface area contributed by atoms with Crippen LogP contribution in [0.25, 0.3) is 6.08 Å². The summed E-state index contributed by atoms with van der Waals surface area (Å²) in [5, 5.41) is 12.9. The molecule has 6 heteroatoms. The number of rotatable bonds is 2. The van der Waals surface area contributed by atoms with Crippen molar-refractivity contribution in [1.29, 1.82) is 0 Å². The van der Waals surface area contributed by atoms with Crippen LogP contribution in [-0.2, 0) is 4.79 Å². The molecule has 1 saturated heterocycles. The minimum atomic E-state index is -0.272. The minimum absolute atomic E-state index is 0.168. The third-order valence-electron chi connectivity index (χ3n) is 3.18. The highest BCUT2D eigenvalue weighted by Gasteiger charge is 2.32. The molecule has 0 bridgehead atoms. The first-order valence-electron chi connectivity index (χ1n) is 6.47. The lowest BCUT2D eigenvalue weighted by atomic mass is 10.2. The number of nitrogens with zero attached hydrogens (tertiary/aromatic N) is 1. The monoisotopic (exact) mass is 330 g/mol. The van der Waals surface area contributed by atoms with Gasteiger partial charge < -0.3 is 10.4 Å². The summed E-state index contributed by atoms with van der Waals surface area (Å²) >= 11 is 11.4. The SMILES string of the molecule is O=C1/C(=C/c2ccc(O)cc2)NC(=S)N1c1ccccc1Cl. The van der Waals surface area contributed by atoms with Crippen LogP contribution in [-0.4, -0.2) is 16.1 Å². The second kappa shape index (κ2) is 5.79. The largest absolute Gasteiger partial charge is 0.508 e. The number of nitrogens with one attached hydrogen (secondary N) is 1. The molecule has 2 aromatic carbocycles. The van der Waals surface area contributed by atoms with Crippen molar-refractivity contribution >= 4 is 46.6 Å². The number of phenols is 1. The number of carbonyl (C=O) groups excluding carboxylic acids is 1. The summed E-state index contributed by atoms with van der Waals surface area (Å²) in [5.74, 6) is -0.104. The Balaban J connectivity index is 1.95. The minimum Gasteiger partial charge on any atom is -0.508 e. The lowest BCUT2D eigenvalue weighted by molar-refractivity contribution is -0.113. The molecule has 3 rings (SSSR count). The zero-order valence-corrected chi connectivity index (χ0v) is 12.9. The Morgan fingerprint density at radius 1 is 1.14 bits per heavy atom. The summed E-state index contributed by atoms with van der Waals surface area (Å²) in [5.41, 5.74) is 1.67. The second-order valence-corrected chi connectivity index (χ2v) is 5.47. The maximum atomic E-state index is 12.5. The highest BCUT2D eigenvalue weighted by molar-refractivity contribution is 7.80. The number of aromatic hydroxyl groups is 1. The Bertz CT molecular complexity index is 787. The average molecular weight is 331 g/mol. The molecule has 0 radical (unpaired) electrons. The summed E-state index contributed by atoms with van der Waals surface area (Å²) in [6.45, 7) is 0. The number of phenolic OH excluding ortho intramolecular Hbond substituents is 1. The Morgan fingerprint density at radius 2 is 1.82 bits per heavy atom. The fraction of sp³-hybridized carbons (Fsp3) is 0. The molecule has 1 aliphatic heterocycles. The molecule has 0 unspecified atom stereocenters. The quantitative estimate of drug-likeness (QED) is 0.655. The molecule has 0 aliphatic carbocycles. The number of hydrogen-bond acceptors (Lipinski definition) is 3. The van der Waals surface area contributed by atoms with Gasteiger partial charge in [0.25, 0.3) is 5.91 Å². The van der Waals surface area contributed by atoms with Gasteiger partial charge in [0, 0.05) is 0 Å². The van der Waals surface area contributed by atoms with Crippen molar-refractivity contribution in [2.24, 2.45) is 0 Å². The van der Waals surface area contributed by atoms with Gasteiger partial charge in [-0.3, -0.25) is 9.69 Å². The number of amides is 1. The fourth-order valence-electron chi connectivity index (χ4n) is 2.12. The number of carbonyl (C=O) groups is 1. The molecule has 1 amide bonds. The lowest BCUT2D eigenvalue weighted by Gasteiger charge is -2.15. The Morgan fingerprint density at radius 3 is 2.50 bits per heavy atom. The molecular formula is C16H11ClN2O2S. The normalized spacial score (nSPS) is 16.2. The number of benzene rings is 2. The summed E-state index contributed by atoms with van der Waals surface area (Å²) in [6, 6.07) is 13.5. The van der Waals surface area contributed by atoms with Crippen molar-refractivity contribution in [1.82, 2.24) is 5.32 Å². The number of halogens is 1. The van der Waals surface area contributed by atoms with E-state index >= 15 is 0 Å². The first-order valence-corrected chi connectivity index (χ1v) is 7.25. The van der Waals surface area contributed by atoms with Gasteiger partial charge in [-0.05, 0) is 48.1 Å². The van der Waals surface area contributed by atoms with Crippen LogP contribution in [0.2, 0.25) is 5.02 Å². The standard InChI is InChI=1S/C16H11ClN2O2S/c17-12-3-1-2-4-14(12)19-15(21)13(18-16(19)22)9-10-5-7-11(20)8-6-10/h1-9,20H,(H,18,22)/b13-9-. The molecular weight excluding hydrogens is 320 g/mol. The molecule has 22 heavy (non-hydrogen) atoms. The number of hydrogen-bond donors (Lipinski definition) is 2. The van der Waals surface area contributed by atoms with Gasteiger partial charge in [-0.1, -0.05) is 35.9 Å². The van der Waals surface area contributed by atoms with E-state index in [1.54, 1.807) is 54.6 Å². The van der Waals surface area contributed by atoms with Crippen molar-refractivity contribution in [3.63, 3.8) is 0 Å². The van der Waals surface area contributed by atoms with E-state index in [-0.39, 0.29) is 16.8 Å². The van der Waals surface area contributed by atoms with Crippen LogP contribution in [0.15, 0.2) is 54.2 Å². The summed E-state index contributed by atoms with van der Waals surface area (Å²) in [4.78, 5) is 13.9. The highest BCUT2D eigenvalue weighted by Crippen LogP contribution is 2.29. The Hall–Kier alpha value is -2.37. The van der Waals surface area contributed by atoms with E-state index in [1.165, 1.54) is 4.90 Å². The summed E-state index contributed by atoms with van der Waals surface area (Å²) < 4.78 is 0. The predicted molar refractivity (Wildman–Crippen MR) is 90.8 cm³/mol. The number of thiocarbonyl (C=S) groups is 1. The predicted octanol–water partition coefficient (Wildman–Crippen LogP) is 3.31. The molecule has 0 atom stereocenters. The maximum Gasteiger partial charge on any atom is 0.281 e. The van der Waals surface area contributed by atoms with E-state index in [0.717, 1.165) is 5.56 Å². The summed E-state index contributed by atoms with van der Waals surface area (Å²) in [6.07, 6.45) is 1.67. The van der Waals surface area contributed by atoms with E-state index in [2.05, 4.69) is 5.32 Å². The van der Waals surface area contributed by atoms with Crippen LogP contribution in [0.1, 0.15) is 5.56 Å². The molecule has 0 aromatic heterocycles. The third-order valence-corrected chi connectivity index (χ3v) is 3.78. The van der Waals surface area contributed by atoms with Crippen molar-refractivity contribution in [3.05, 3.63) is 64.8 Å². The lowest BCUT2D eigenvalue weighted by Crippen LogP contribution is -2.30. The van der Waals surface area contributed by atoms with E-state index in [4.69, 9.17) is 23.8 Å². The van der Waals surface area contributed by atoms with Gasteiger partial charge in [0.1, 0.15) is 11.4 Å². The van der Waals surface area contributed by atoms with Crippen molar-refractivity contribution in [2.45, 2.75) is 0 Å². The molecule has 1 fully saturated rings. The molecule has 2 N–H and O–H groups in total. The topological polar surface area (TPSA) is 52.6 Å². The van der Waals surface area contributed by atoms with Gasteiger partial charge in [-0.2, -0.15) is 0 Å². The molecule has 0 spiro atoms. The number of para-hydroxylation sites is 1. The molecule has 1 aliphatic rings. The van der Waals surface area contributed by atoms with Gasteiger partial charge in [0.05, 0.1) is 10.7 Å². The highest BCUT2D eigenvalue weighted by atomic mass is 35.5. The second-order valence-electron chi connectivity index (χ2n) is 4.67. The molecule has 2 aromatic rings. The van der Waals surface area contributed by atoms with Gasteiger partial charge in [-0.25, -0.2) is 0 Å². The molecule has 110 valence electrons. The zero-order chi connectivity index (χ0) is 15.7. The fourth-order valence-corrected chi connectivity index (χ4v) is 2.64. The van der Waals surface area contributed by atoms with Crippen LogP contribution in [0, 0.1) is 0 Å².